The first-order valence-electron chi connectivity index (χ1n) is 7.09. The van der Waals surface area contributed by atoms with Crippen LogP contribution in [0.1, 0.15) is 38.7 Å². The SMILES string of the molecule is CC(C)c1ccccc1OCCNC(=O)[C@@H]1C[C@@H]1C. The molecule has 1 fully saturated rings. The Kier molecular flexibility index (Phi) is 4.46. The highest BCUT2D eigenvalue weighted by molar-refractivity contribution is 5.81. The van der Waals surface area contributed by atoms with Crippen LogP contribution in [0.2, 0.25) is 0 Å². The fourth-order valence-electron chi connectivity index (χ4n) is 2.24. The molecule has 1 amide bonds. The lowest BCUT2D eigenvalue weighted by molar-refractivity contribution is -0.122. The van der Waals surface area contributed by atoms with E-state index in [0.717, 1.165) is 12.2 Å². The second-order valence-electron chi connectivity index (χ2n) is 5.65. The Morgan fingerprint density at radius 1 is 1.42 bits per heavy atom. The van der Waals surface area contributed by atoms with Crippen LogP contribution in [0.15, 0.2) is 24.3 Å². The van der Waals surface area contributed by atoms with Crippen LogP contribution in [-0.4, -0.2) is 19.1 Å². The maximum Gasteiger partial charge on any atom is 0.223 e. The highest BCUT2D eigenvalue weighted by Gasteiger charge is 2.38. The summed E-state index contributed by atoms with van der Waals surface area (Å²) in [5, 5.41) is 2.93. The number of hydrogen-bond donors (Lipinski definition) is 1. The molecule has 0 spiro atoms. The molecule has 1 aromatic rings. The van der Waals surface area contributed by atoms with E-state index in [0.29, 0.717) is 25.0 Å². The number of ether oxygens (including phenoxy) is 1. The number of nitrogens with one attached hydrogen (secondary N) is 1. The Balaban J connectivity index is 1.75. The third-order valence-electron chi connectivity index (χ3n) is 3.65. The van der Waals surface area contributed by atoms with E-state index in [1.165, 1.54) is 5.56 Å². The third kappa shape index (κ3) is 3.72. The molecule has 19 heavy (non-hydrogen) atoms. The van der Waals surface area contributed by atoms with Gasteiger partial charge in [0.25, 0.3) is 0 Å². The number of para-hydroxylation sites is 1. The van der Waals surface area contributed by atoms with Gasteiger partial charge in [0, 0.05) is 5.92 Å². The molecular weight excluding hydrogens is 238 g/mol. The highest BCUT2D eigenvalue weighted by Crippen LogP contribution is 2.37. The Bertz CT molecular complexity index is 442. The fraction of sp³-hybridized carbons (Fsp3) is 0.562. The summed E-state index contributed by atoms with van der Waals surface area (Å²) >= 11 is 0. The van der Waals surface area contributed by atoms with Crippen molar-refractivity contribution in [1.82, 2.24) is 5.32 Å². The zero-order valence-corrected chi connectivity index (χ0v) is 12.0. The zero-order chi connectivity index (χ0) is 13.8. The molecule has 3 nitrogen and oxygen atoms in total. The number of benzene rings is 1. The van der Waals surface area contributed by atoms with Crippen LogP contribution >= 0.6 is 0 Å². The summed E-state index contributed by atoms with van der Waals surface area (Å²) in [6.45, 7) is 7.52. The lowest BCUT2D eigenvalue weighted by Gasteiger charge is -2.14. The van der Waals surface area contributed by atoms with Gasteiger partial charge in [-0.3, -0.25) is 4.79 Å². The quantitative estimate of drug-likeness (QED) is 0.800. The molecule has 2 rings (SSSR count). The lowest BCUT2D eigenvalue weighted by Crippen LogP contribution is -2.29. The van der Waals surface area contributed by atoms with Gasteiger partial charge in [0.1, 0.15) is 12.4 Å². The summed E-state index contributed by atoms with van der Waals surface area (Å²) in [5.41, 5.74) is 1.21. The Hall–Kier alpha value is -1.51. The van der Waals surface area contributed by atoms with Crippen molar-refractivity contribution in [3.8, 4) is 5.75 Å². The third-order valence-corrected chi connectivity index (χ3v) is 3.65. The van der Waals surface area contributed by atoms with Gasteiger partial charge in [0.15, 0.2) is 0 Å². The molecule has 0 radical (unpaired) electrons. The van der Waals surface area contributed by atoms with Gasteiger partial charge in [0.05, 0.1) is 6.54 Å². The predicted molar refractivity (Wildman–Crippen MR) is 76.3 cm³/mol. The van der Waals surface area contributed by atoms with Crippen molar-refractivity contribution in [2.75, 3.05) is 13.2 Å². The number of hydrogen-bond acceptors (Lipinski definition) is 2. The van der Waals surface area contributed by atoms with Crippen molar-refractivity contribution in [1.29, 1.82) is 0 Å². The average molecular weight is 261 g/mol. The van der Waals surface area contributed by atoms with E-state index >= 15 is 0 Å². The van der Waals surface area contributed by atoms with E-state index < -0.39 is 0 Å². The molecule has 2 atom stereocenters. The first-order valence-corrected chi connectivity index (χ1v) is 7.09. The topological polar surface area (TPSA) is 38.3 Å². The van der Waals surface area contributed by atoms with Crippen molar-refractivity contribution in [3.63, 3.8) is 0 Å². The fourth-order valence-corrected chi connectivity index (χ4v) is 2.24. The summed E-state index contributed by atoms with van der Waals surface area (Å²) in [7, 11) is 0. The molecule has 1 aliphatic carbocycles. The Labute approximate surface area is 115 Å². The molecule has 3 heteroatoms. The second kappa shape index (κ2) is 6.09. The van der Waals surface area contributed by atoms with Gasteiger partial charge in [-0.05, 0) is 29.9 Å². The summed E-state index contributed by atoms with van der Waals surface area (Å²) in [6.07, 6.45) is 1.03. The van der Waals surface area contributed by atoms with Crippen LogP contribution in [0.4, 0.5) is 0 Å². The van der Waals surface area contributed by atoms with Crippen LogP contribution in [-0.2, 0) is 4.79 Å². The van der Waals surface area contributed by atoms with Gasteiger partial charge < -0.3 is 10.1 Å². The standard InChI is InChI=1S/C16H23NO2/c1-11(2)13-6-4-5-7-15(13)19-9-8-17-16(18)14-10-12(14)3/h4-7,11-12,14H,8-10H2,1-3H3,(H,17,18)/t12-,14+/m0/s1. The smallest absolute Gasteiger partial charge is 0.223 e. The summed E-state index contributed by atoms with van der Waals surface area (Å²) in [4.78, 5) is 11.6. The molecular formula is C16H23NO2. The first kappa shape index (κ1) is 13.9. The highest BCUT2D eigenvalue weighted by atomic mass is 16.5. The van der Waals surface area contributed by atoms with E-state index in [1.54, 1.807) is 0 Å². The molecule has 0 aliphatic heterocycles. The minimum absolute atomic E-state index is 0.174. The first-order chi connectivity index (χ1) is 9.09. The van der Waals surface area contributed by atoms with E-state index in [2.05, 4.69) is 32.2 Å². The Morgan fingerprint density at radius 2 is 2.11 bits per heavy atom. The maximum atomic E-state index is 11.6. The van der Waals surface area contributed by atoms with Crippen LogP contribution in [0.5, 0.6) is 5.75 Å². The monoisotopic (exact) mass is 261 g/mol. The molecule has 1 N–H and O–H groups in total. The normalized spacial score (nSPS) is 21.3. The van der Waals surface area contributed by atoms with Crippen LogP contribution < -0.4 is 10.1 Å². The zero-order valence-electron chi connectivity index (χ0n) is 12.0. The number of amides is 1. The molecule has 1 saturated carbocycles. The van der Waals surface area contributed by atoms with Crippen molar-refractivity contribution >= 4 is 5.91 Å². The van der Waals surface area contributed by atoms with Gasteiger partial charge in [-0.25, -0.2) is 0 Å². The molecule has 0 bridgehead atoms. The molecule has 0 saturated heterocycles. The van der Waals surface area contributed by atoms with Crippen LogP contribution in [0, 0.1) is 11.8 Å². The molecule has 0 unspecified atom stereocenters. The Morgan fingerprint density at radius 3 is 2.74 bits per heavy atom. The maximum absolute atomic E-state index is 11.6. The lowest BCUT2D eigenvalue weighted by atomic mass is 10.0. The molecule has 104 valence electrons. The van der Waals surface area contributed by atoms with Gasteiger partial charge in [-0.1, -0.05) is 39.0 Å². The average Bonchev–Trinajstić information content (AvgIpc) is 3.12. The number of carbonyl (C=O) groups excluding carboxylic acids is 1. The largest absolute Gasteiger partial charge is 0.491 e. The van der Waals surface area contributed by atoms with Gasteiger partial charge in [-0.15, -0.1) is 0 Å². The number of carbonyl (C=O) groups is 1. The molecule has 0 aromatic heterocycles. The van der Waals surface area contributed by atoms with Gasteiger partial charge in [0.2, 0.25) is 5.91 Å². The van der Waals surface area contributed by atoms with E-state index in [9.17, 15) is 4.79 Å². The summed E-state index contributed by atoms with van der Waals surface area (Å²) in [5.74, 6) is 2.34. The van der Waals surface area contributed by atoms with Crippen molar-refractivity contribution < 1.29 is 9.53 Å². The van der Waals surface area contributed by atoms with Gasteiger partial charge in [-0.2, -0.15) is 0 Å². The van der Waals surface area contributed by atoms with E-state index in [-0.39, 0.29) is 11.8 Å². The van der Waals surface area contributed by atoms with Gasteiger partial charge >= 0.3 is 0 Å². The minimum Gasteiger partial charge on any atom is -0.491 e. The van der Waals surface area contributed by atoms with E-state index in [4.69, 9.17) is 4.74 Å². The van der Waals surface area contributed by atoms with Crippen molar-refractivity contribution in [2.24, 2.45) is 11.8 Å². The number of rotatable bonds is 6. The van der Waals surface area contributed by atoms with E-state index in [1.807, 2.05) is 18.2 Å². The minimum atomic E-state index is 0.174. The predicted octanol–water partition coefficient (Wildman–Crippen LogP) is 2.96. The van der Waals surface area contributed by atoms with Crippen LogP contribution in [0.3, 0.4) is 0 Å². The summed E-state index contributed by atoms with van der Waals surface area (Å²) < 4.78 is 5.76. The van der Waals surface area contributed by atoms with Crippen LogP contribution in [0.25, 0.3) is 0 Å². The molecule has 0 heterocycles. The van der Waals surface area contributed by atoms with Crippen molar-refractivity contribution in [3.05, 3.63) is 29.8 Å². The second-order valence-corrected chi connectivity index (χ2v) is 5.65. The summed E-state index contributed by atoms with van der Waals surface area (Å²) in [6, 6.07) is 8.08. The molecule has 1 aliphatic rings. The van der Waals surface area contributed by atoms with Crippen molar-refractivity contribution in [2.45, 2.75) is 33.1 Å². The molecule has 1 aromatic carbocycles.